The summed E-state index contributed by atoms with van der Waals surface area (Å²) in [7, 11) is 1.81. The molecule has 0 aromatic carbocycles. The summed E-state index contributed by atoms with van der Waals surface area (Å²) in [4.78, 5) is 4.37. The zero-order valence-corrected chi connectivity index (χ0v) is 14.9. The van der Waals surface area contributed by atoms with Gasteiger partial charge in [-0.2, -0.15) is 0 Å². The first-order valence-electron chi connectivity index (χ1n) is 9.27. The Morgan fingerprint density at radius 2 is 1.96 bits per heavy atom. The summed E-state index contributed by atoms with van der Waals surface area (Å²) in [5, 5.41) is 17.6. The highest BCUT2D eigenvalue weighted by Gasteiger charge is 2.58. The lowest BCUT2D eigenvalue weighted by molar-refractivity contribution is -0.188. The molecule has 1 saturated heterocycles. The van der Waals surface area contributed by atoms with Crippen LogP contribution >= 0.6 is 0 Å². The zero-order valence-electron chi connectivity index (χ0n) is 14.9. The Morgan fingerprint density at radius 1 is 1.22 bits per heavy atom. The van der Waals surface area contributed by atoms with Gasteiger partial charge < -0.3 is 20.5 Å². The summed E-state index contributed by atoms with van der Waals surface area (Å²) in [6.45, 7) is 6.04. The van der Waals surface area contributed by atoms with E-state index in [9.17, 15) is 5.11 Å². The highest BCUT2D eigenvalue weighted by atomic mass is 16.5. The molecule has 132 valence electrons. The second-order valence-electron chi connectivity index (χ2n) is 8.25. The number of fused-ring (bicyclic) bond motifs is 1. The van der Waals surface area contributed by atoms with Crippen LogP contribution in [0.25, 0.3) is 0 Å². The van der Waals surface area contributed by atoms with Gasteiger partial charge in [-0.15, -0.1) is 0 Å². The number of aliphatic hydroxyl groups is 1. The van der Waals surface area contributed by atoms with E-state index in [0.29, 0.717) is 24.6 Å². The van der Waals surface area contributed by atoms with Crippen molar-refractivity contribution in [3.8, 4) is 0 Å². The Hall–Kier alpha value is -0.810. The van der Waals surface area contributed by atoms with Crippen LogP contribution in [0.1, 0.15) is 58.8 Å². The summed E-state index contributed by atoms with van der Waals surface area (Å²) in [6, 6.07) is 0.389. The zero-order chi connectivity index (χ0) is 16.5. The molecule has 23 heavy (non-hydrogen) atoms. The van der Waals surface area contributed by atoms with E-state index in [0.717, 1.165) is 44.7 Å². The monoisotopic (exact) mass is 323 g/mol. The number of rotatable bonds is 3. The van der Waals surface area contributed by atoms with Crippen molar-refractivity contribution in [1.82, 2.24) is 10.6 Å². The summed E-state index contributed by atoms with van der Waals surface area (Å²) in [5.74, 6) is 1.39. The molecule has 0 bridgehead atoms. The van der Waals surface area contributed by atoms with Crippen LogP contribution in [0.15, 0.2) is 4.99 Å². The van der Waals surface area contributed by atoms with Crippen LogP contribution in [0, 0.1) is 11.3 Å². The molecule has 0 amide bonds. The Kier molecular flexibility index (Phi) is 4.88. The largest absolute Gasteiger partial charge is 0.388 e. The third-order valence-electron chi connectivity index (χ3n) is 6.22. The lowest BCUT2D eigenvalue weighted by atomic mass is 9.55. The van der Waals surface area contributed by atoms with Crippen LogP contribution in [0.2, 0.25) is 0 Å². The first kappa shape index (κ1) is 17.0. The van der Waals surface area contributed by atoms with Gasteiger partial charge in [-0.3, -0.25) is 4.99 Å². The van der Waals surface area contributed by atoms with E-state index in [1.165, 1.54) is 12.8 Å². The van der Waals surface area contributed by atoms with Crippen LogP contribution in [-0.4, -0.2) is 49.0 Å². The molecule has 5 nitrogen and oxygen atoms in total. The third kappa shape index (κ3) is 3.36. The van der Waals surface area contributed by atoms with Crippen molar-refractivity contribution in [2.24, 2.45) is 16.3 Å². The van der Waals surface area contributed by atoms with Gasteiger partial charge in [0.1, 0.15) is 0 Å². The van der Waals surface area contributed by atoms with Crippen molar-refractivity contribution in [2.45, 2.75) is 76.5 Å². The van der Waals surface area contributed by atoms with Crippen molar-refractivity contribution >= 4 is 5.96 Å². The Balaban J connectivity index is 1.55. The van der Waals surface area contributed by atoms with Gasteiger partial charge >= 0.3 is 0 Å². The van der Waals surface area contributed by atoms with E-state index in [1.54, 1.807) is 7.05 Å². The molecule has 3 N–H and O–H groups in total. The van der Waals surface area contributed by atoms with E-state index in [2.05, 4.69) is 29.5 Å². The number of ether oxygens (including phenoxy) is 1. The predicted octanol–water partition coefficient (Wildman–Crippen LogP) is 2.05. The molecule has 0 aromatic heterocycles. The summed E-state index contributed by atoms with van der Waals surface area (Å²) < 4.78 is 5.97. The minimum atomic E-state index is -0.568. The Bertz CT molecular complexity index is 444. The van der Waals surface area contributed by atoms with Crippen LogP contribution < -0.4 is 10.6 Å². The average molecular weight is 323 g/mol. The molecule has 1 aliphatic heterocycles. The van der Waals surface area contributed by atoms with Gasteiger partial charge in [0.2, 0.25) is 0 Å². The average Bonchev–Trinajstić information content (AvgIpc) is 2.55. The summed E-state index contributed by atoms with van der Waals surface area (Å²) in [5.41, 5.74) is -0.439. The molecule has 3 fully saturated rings. The maximum atomic E-state index is 10.6. The highest BCUT2D eigenvalue weighted by Crippen LogP contribution is 2.51. The quantitative estimate of drug-likeness (QED) is 0.549. The van der Waals surface area contributed by atoms with Gasteiger partial charge in [-0.25, -0.2) is 0 Å². The fourth-order valence-electron chi connectivity index (χ4n) is 4.79. The SMILES string of the molecule is CN=C(NCC1(O)CCCCC1)NC1C2CCCOC2C1(C)C. The van der Waals surface area contributed by atoms with Gasteiger partial charge in [0, 0.05) is 37.6 Å². The fraction of sp³-hybridized carbons (Fsp3) is 0.944. The lowest BCUT2D eigenvalue weighted by Gasteiger charge is -2.60. The first-order valence-corrected chi connectivity index (χ1v) is 9.27. The van der Waals surface area contributed by atoms with E-state index in [1.807, 2.05) is 0 Å². The molecule has 3 aliphatic rings. The minimum Gasteiger partial charge on any atom is -0.388 e. The first-order chi connectivity index (χ1) is 11.0. The van der Waals surface area contributed by atoms with Crippen molar-refractivity contribution in [3.63, 3.8) is 0 Å². The molecular formula is C18H33N3O2. The molecule has 0 aromatic rings. The second kappa shape index (κ2) is 6.60. The van der Waals surface area contributed by atoms with Crippen LogP contribution in [0.3, 0.4) is 0 Å². The minimum absolute atomic E-state index is 0.129. The molecule has 2 aliphatic carbocycles. The second-order valence-corrected chi connectivity index (χ2v) is 8.25. The van der Waals surface area contributed by atoms with Crippen LogP contribution in [0.4, 0.5) is 0 Å². The Morgan fingerprint density at radius 3 is 2.65 bits per heavy atom. The van der Waals surface area contributed by atoms with Crippen molar-refractivity contribution < 1.29 is 9.84 Å². The van der Waals surface area contributed by atoms with E-state index >= 15 is 0 Å². The molecule has 2 saturated carbocycles. The van der Waals surface area contributed by atoms with Crippen molar-refractivity contribution in [3.05, 3.63) is 0 Å². The molecule has 1 heterocycles. The van der Waals surface area contributed by atoms with Crippen LogP contribution in [-0.2, 0) is 4.74 Å². The number of guanidine groups is 1. The topological polar surface area (TPSA) is 65.9 Å². The predicted molar refractivity (Wildman–Crippen MR) is 92.6 cm³/mol. The van der Waals surface area contributed by atoms with Gasteiger partial charge in [0.05, 0.1) is 11.7 Å². The molecule has 3 rings (SSSR count). The molecule has 3 atom stereocenters. The van der Waals surface area contributed by atoms with Crippen molar-refractivity contribution in [2.75, 3.05) is 20.2 Å². The molecule has 5 heteroatoms. The molecular weight excluding hydrogens is 290 g/mol. The smallest absolute Gasteiger partial charge is 0.191 e. The van der Waals surface area contributed by atoms with Gasteiger partial charge in [-0.1, -0.05) is 33.1 Å². The van der Waals surface area contributed by atoms with Gasteiger partial charge in [-0.05, 0) is 25.7 Å². The number of hydrogen-bond acceptors (Lipinski definition) is 3. The number of aliphatic imine (C=N–C) groups is 1. The van der Waals surface area contributed by atoms with Gasteiger partial charge in [0.15, 0.2) is 5.96 Å². The summed E-state index contributed by atoms with van der Waals surface area (Å²) >= 11 is 0. The summed E-state index contributed by atoms with van der Waals surface area (Å²) in [6.07, 6.45) is 8.04. The normalized spacial score (nSPS) is 35.8. The number of nitrogens with one attached hydrogen (secondary N) is 2. The number of hydrogen-bond donors (Lipinski definition) is 3. The van der Waals surface area contributed by atoms with E-state index in [4.69, 9.17) is 4.74 Å². The Labute approximate surface area is 140 Å². The lowest BCUT2D eigenvalue weighted by Crippen LogP contribution is -2.71. The standard InChI is InChI=1S/C18H33N3O2/c1-17(2)14(13-8-7-11-23-15(13)17)21-16(19-3)20-12-18(22)9-5-4-6-10-18/h13-15,22H,4-12H2,1-3H3,(H2,19,20,21). The van der Waals surface area contributed by atoms with Crippen LogP contribution in [0.5, 0.6) is 0 Å². The van der Waals surface area contributed by atoms with E-state index < -0.39 is 5.60 Å². The highest BCUT2D eigenvalue weighted by molar-refractivity contribution is 5.80. The van der Waals surface area contributed by atoms with E-state index in [-0.39, 0.29) is 5.41 Å². The molecule has 3 unspecified atom stereocenters. The maximum Gasteiger partial charge on any atom is 0.191 e. The fourth-order valence-corrected chi connectivity index (χ4v) is 4.79. The van der Waals surface area contributed by atoms with Gasteiger partial charge in [0.25, 0.3) is 0 Å². The third-order valence-corrected chi connectivity index (χ3v) is 6.22. The maximum absolute atomic E-state index is 10.6. The number of nitrogens with zero attached hydrogens (tertiary/aromatic N) is 1. The van der Waals surface area contributed by atoms with Crippen molar-refractivity contribution in [1.29, 1.82) is 0 Å². The molecule has 0 spiro atoms. The molecule has 0 radical (unpaired) electrons.